The maximum Gasteiger partial charge on any atom is 0.175 e. The van der Waals surface area contributed by atoms with Crippen LogP contribution in [0.5, 0.6) is 11.5 Å². The summed E-state index contributed by atoms with van der Waals surface area (Å²) >= 11 is 9.87. The normalized spacial score (nSPS) is 10.9. The molecule has 2 aromatic carbocycles. The second-order valence-electron chi connectivity index (χ2n) is 6.55. The fourth-order valence-corrected chi connectivity index (χ4v) is 3.72. The molecule has 154 valence electrons. The van der Waals surface area contributed by atoms with Crippen LogP contribution in [-0.4, -0.2) is 22.7 Å². The molecule has 1 aromatic heterocycles. The highest BCUT2D eigenvalue weighted by Gasteiger charge is 2.13. The zero-order chi connectivity index (χ0) is 20.5. The standard InChI is InChI=1S/C22H25BrClN3O2/c1-2-28-21-13-17(14-25-8-5-10-27-11-9-26-16-27)12-19(23)22(21)29-15-18-6-3-4-7-20(18)24/h3-4,6-7,9,11-13,16,25H,2,5,8,10,14-15H2,1H3. The molecule has 7 heteroatoms. The van der Waals surface area contributed by atoms with Crippen molar-refractivity contribution in [1.82, 2.24) is 14.9 Å². The van der Waals surface area contributed by atoms with E-state index in [1.165, 1.54) is 0 Å². The highest BCUT2D eigenvalue weighted by Crippen LogP contribution is 2.37. The first-order chi connectivity index (χ1) is 14.2. The van der Waals surface area contributed by atoms with Crippen LogP contribution in [-0.2, 0) is 19.7 Å². The Kier molecular flexibility index (Phi) is 8.40. The van der Waals surface area contributed by atoms with E-state index >= 15 is 0 Å². The molecule has 0 bridgehead atoms. The lowest BCUT2D eigenvalue weighted by molar-refractivity contribution is 0.267. The SMILES string of the molecule is CCOc1cc(CNCCCn2ccnc2)cc(Br)c1OCc1ccccc1Cl. The molecule has 0 amide bonds. The number of halogens is 2. The van der Waals surface area contributed by atoms with Crippen molar-refractivity contribution in [3.05, 3.63) is 75.7 Å². The zero-order valence-electron chi connectivity index (χ0n) is 16.4. The second-order valence-corrected chi connectivity index (χ2v) is 7.81. The Morgan fingerprint density at radius 3 is 2.83 bits per heavy atom. The molecule has 5 nitrogen and oxygen atoms in total. The summed E-state index contributed by atoms with van der Waals surface area (Å²) in [7, 11) is 0. The maximum atomic E-state index is 6.24. The number of benzene rings is 2. The van der Waals surface area contributed by atoms with E-state index in [0.29, 0.717) is 24.0 Å². The van der Waals surface area contributed by atoms with Gasteiger partial charge in [0.05, 0.1) is 17.4 Å². The van der Waals surface area contributed by atoms with Gasteiger partial charge in [-0.05, 0) is 59.6 Å². The third-order valence-electron chi connectivity index (χ3n) is 4.36. The molecule has 0 spiro atoms. The highest BCUT2D eigenvalue weighted by molar-refractivity contribution is 9.10. The van der Waals surface area contributed by atoms with Gasteiger partial charge in [-0.3, -0.25) is 0 Å². The minimum Gasteiger partial charge on any atom is -0.490 e. The van der Waals surface area contributed by atoms with Gasteiger partial charge in [-0.15, -0.1) is 0 Å². The summed E-state index contributed by atoms with van der Waals surface area (Å²) in [5.41, 5.74) is 2.07. The van der Waals surface area contributed by atoms with Gasteiger partial charge < -0.3 is 19.4 Å². The number of nitrogens with one attached hydrogen (secondary N) is 1. The molecule has 0 aliphatic heterocycles. The summed E-state index contributed by atoms with van der Waals surface area (Å²) in [5.74, 6) is 1.42. The largest absolute Gasteiger partial charge is 0.490 e. The maximum absolute atomic E-state index is 6.24. The first-order valence-electron chi connectivity index (χ1n) is 9.65. The van der Waals surface area contributed by atoms with Crippen molar-refractivity contribution < 1.29 is 9.47 Å². The van der Waals surface area contributed by atoms with Crippen LogP contribution in [0, 0.1) is 0 Å². The van der Waals surface area contributed by atoms with E-state index in [1.807, 2.05) is 49.8 Å². The van der Waals surface area contributed by atoms with Crippen LogP contribution >= 0.6 is 27.5 Å². The van der Waals surface area contributed by atoms with Crippen LogP contribution < -0.4 is 14.8 Å². The predicted octanol–water partition coefficient (Wildman–Crippen LogP) is 5.46. The lowest BCUT2D eigenvalue weighted by Gasteiger charge is -2.16. The summed E-state index contributed by atoms with van der Waals surface area (Å²) in [4.78, 5) is 4.06. The first kappa shape index (κ1) is 21.7. The molecule has 0 aliphatic carbocycles. The lowest BCUT2D eigenvalue weighted by Crippen LogP contribution is -2.16. The molecule has 0 aliphatic rings. The lowest BCUT2D eigenvalue weighted by atomic mass is 10.2. The van der Waals surface area contributed by atoms with E-state index in [0.717, 1.165) is 47.4 Å². The third-order valence-corrected chi connectivity index (χ3v) is 5.31. The fraction of sp³-hybridized carbons (Fsp3) is 0.318. The van der Waals surface area contributed by atoms with Gasteiger partial charge in [0.2, 0.25) is 0 Å². The number of aromatic nitrogens is 2. The number of nitrogens with zero attached hydrogens (tertiary/aromatic N) is 2. The van der Waals surface area contributed by atoms with Crippen LogP contribution in [0.1, 0.15) is 24.5 Å². The van der Waals surface area contributed by atoms with Crippen molar-refractivity contribution in [1.29, 1.82) is 0 Å². The number of hydrogen-bond donors (Lipinski definition) is 1. The first-order valence-corrected chi connectivity index (χ1v) is 10.8. The summed E-state index contributed by atoms with van der Waals surface area (Å²) in [6.45, 7) is 5.54. The Labute approximate surface area is 185 Å². The molecule has 0 saturated carbocycles. The molecule has 0 unspecified atom stereocenters. The highest BCUT2D eigenvalue weighted by atomic mass is 79.9. The van der Waals surface area contributed by atoms with E-state index in [2.05, 4.69) is 36.9 Å². The molecule has 29 heavy (non-hydrogen) atoms. The Bertz CT molecular complexity index is 903. The van der Waals surface area contributed by atoms with E-state index in [-0.39, 0.29) is 0 Å². The topological polar surface area (TPSA) is 48.3 Å². The van der Waals surface area contributed by atoms with Crippen LogP contribution in [0.4, 0.5) is 0 Å². The molecule has 3 rings (SSSR count). The third kappa shape index (κ3) is 6.49. The number of imidazole rings is 1. The van der Waals surface area contributed by atoms with Gasteiger partial charge in [-0.2, -0.15) is 0 Å². The fourth-order valence-electron chi connectivity index (χ4n) is 2.93. The molecule has 0 saturated heterocycles. The predicted molar refractivity (Wildman–Crippen MR) is 120 cm³/mol. The summed E-state index contributed by atoms with van der Waals surface area (Å²) < 4.78 is 14.8. The van der Waals surface area contributed by atoms with Gasteiger partial charge in [0.15, 0.2) is 11.5 Å². The van der Waals surface area contributed by atoms with Crippen molar-refractivity contribution in [2.24, 2.45) is 0 Å². The quantitative estimate of drug-likeness (QED) is 0.372. The van der Waals surface area contributed by atoms with Gasteiger partial charge in [0.1, 0.15) is 6.61 Å². The molecule has 0 fully saturated rings. The molecular formula is C22H25BrClN3O2. The van der Waals surface area contributed by atoms with Crippen LogP contribution in [0.3, 0.4) is 0 Å². The van der Waals surface area contributed by atoms with E-state index in [1.54, 1.807) is 6.20 Å². The Balaban J connectivity index is 1.58. The van der Waals surface area contributed by atoms with Crippen LogP contribution in [0.25, 0.3) is 0 Å². The Morgan fingerprint density at radius 2 is 2.07 bits per heavy atom. The molecule has 1 N–H and O–H groups in total. The van der Waals surface area contributed by atoms with Crippen LogP contribution in [0.15, 0.2) is 59.6 Å². The van der Waals surface area contributed by atoms with Crippen molar-refractivity contribution in [3.8, 4) is 11.5 Å². The van der Waals surface area contributed by atoms with E-state index in [4.69, 9.17) is 21.1 Å². The van der Waals surface area contributed by atoms with Crippen molar-refractivity contribution in [3.63, 3.8) is 0 Å². The average molecular weight is 479 g/mol. The molecule has 0 atom stereocenters. The van der Waals surface area contributed by atoms with Gasteiger partial charge in [-0.1, -0.05) is 29.8 Å². The Morgan fingerprint density at radius 1 is 1.21 bits per heavy atom. The molecule has 0 radical (unpaired) electrons. The minimum atomic E-state index is 0.379. The molecule has 3 aromatic rings. The van der Waals surface area contributed by atoms with Crippen LogP contribution in [0.2, 0.25) is 5.02 Å². The number of rotatable bonds is 11. The number of aryl methyl sites for hydroxylation is 1. The molecular weight excluding hydrogens is 454 g/mol. The number of hydrogen-bond acceptors (Lipinski definition) is 4. The van der Waals surface area contributed by atoms with Gasteiger partial charge in [0, 0.05) is 36.1 Å². The zero-order valence-corrected chi connectivity index (χ0v) is 18.7. The summed E-state index contributed by atoms with van der Waals surface area (Å²) in [6, 6.07) is 11.8. The summed E-state index contributed by atoms with van der Waals surface area (Å²) in [6.07, 6.45) is 6.66. The molecule has 1 heterocycles. The Hall–Kier alpha value is -2.02. The van der Waals surface area contributed by atoms with E-state index in [9.17, 15) is 0 Å². The van der Waals surface area contributed by atoms with Crippen molar-refractivity contribution in [2.45, 2.75) is 33.0 Å². The van der Waals surface area contributed by atoms with Gasteiger partial charge >= 0.3 is 0 Å². The van der Waals surface area contributed by atoms with Gasteiger partial charge in [-0.25, -0.2) is 4.98 Å². The van der Waals surface area contributed by atoms with Gasteiger partial charge in [0.25, 0.3) is 0 Å². The summed E-state index contributed by atoms with van der Waals surface area (Å²) in [5, 5.41) is 4.17. The van der Waals surface area contributed by atoms with Crippen molar-refractivity contribution in [2.75, 3.05) is 13.2 Å². The monoisotopic (exact) mass is 477 g/mol. The van der Waals surface area contributed by atoms with Crippen molar-refractivity contribution >= 4 is 27.5 Å². The average Bonchev–Trinajstić information content (AvgIpc) is 3.22. The van der Waals surface area contributed by atoms with E-state index < -0.39 is 0 Å². The minimum absolute atomic E-state index is 0.379. The second kappa shape index (κ2) is 11.2. The number of ether oxygens (including phenoxy) is 2. The smallest absolute Gasteiger partial charge is 0.175 e.